The topological polar surface area (TPSA) is 51.8 Å². The summed E-state index contributed by atoms with van der Waals surface area (Å²) in [5.41, 5.74) is 1.31. The fraction of sp³-hybridized carbons (Fsp3) is 0.188. The highest BCUT2D eigenvalue weighted by atomic mass is 19.1. The standard InChI is InChI=1S/C16H11F2N3O/c17-10-1-2-11(14(18)7-10)12-8-13(12)16-20-15(21-22-16)9-3-5-19-6-4-9/h1-7,12-13H,8H2/t12-,13-/m1/s1. The lowest BCUT2D eigenvalue weighted by molar-refractivity contribution is 0.378. The van der Waals surface area contributed by atoms with Gasteiger partial charge in [0.1, 0.15) is 11.6 Å². The molecule has 1 aliphatic carbocycles. The first-order chi connectivity index (χ1) is 10.7. The Hall–Kier alpha value is -2.63. The van der Waals surface area contributed by atoms with Crippen LogP contribution in [-0.4, -0.2) is 15.1 Å². The van der Waals surface area contributed by atoms with Gasteiger partial charge >= 0.3 is 0 Å². The molecule has 0 aliphatic heterocycles. The molecule has 3 aromatic rings. The molecule has 1 aliphatic rings. The number of hydrogen-bond acceptors (Lipinski definition) is 4. The quantitative estimate of drug-likeness (QED) is 0.740. The van der Waals surface area contributed by atoms with Gasteiger partial charge in [0.15, 0.2) is 0 Å². The van der Waals surface area contributed by atoms with E-state index in [1.807, 2.05) is 0 Å². The van der Waals surface area contributed by atoms with Gasteiger partial charge in [-0.2, -0.15) is 4.98 Å². The zero-order chi connectivity index (χ0) is 15.1. The molecule has 2 heterocycles. The van der Waals surface area contributed by atoms with Gasteiger partial charge in [0.25, 0.3) is 0 Å². The second-order valence-corrected chi connectivity index (χ2v) is 5.31. The second-order valence-electron chi connectivity index (χ2n) is 5.31. The van der Waals surface area contributed by atoms with Crippen molar-refractivity contribution in [2.75, 3.05) is 0 Å². The van der Waals surface area contributed by atoms with Gasteiger partial charge in [0, 0.05) is 29.9 Å². The van der Waals surface area contributed by atoms with Crippen molar-refractivity contribution in [3.8, 4) is 11.4 Å². The summed E-state index contributed by atoms with van der Waals surface area (Å²) in [6, 6.07) is 7.23. The highest BCUT2D eigenvalue weighted by Gasteiger charge is 2.45. The van der Waals surface area contributed by atoms with E-state index in [1.165, 1.54) is 12.1 Å². The third-order valence-electron chi connectivity index (χ3n) is 3.85. The molecule has 0 amide bonds. The minimum absolute atomic E-state index is 0.0111. The molecule has 0 radical (unpaired) electrons. The van der Waals surface area contributed by atoms with Crippen LogP contribution in [0.4, 0.5) is 8.78 Å². The Morgan fingerprint density at radius 3 is 2.64 bits per heavy atom. The molecule has 0 spiro atoms. The smallest absolute Gasteiger partial charge is 0.230 e. The Morgan fingerprint density at radius 1 is 1.05 bits per heavy atom. The zero-order valence-electron chi connectivity index (χ0n) is 11.4. The molecular weight excluding hydrogens is 288 g/mol. The molecule has 2 atom stereocenters. The van der Waals surface area contributed by atoms with Gasteiger partial charge in [-0.15, -0.1) is 0 Å². The molecule has 6 heteroatoms. The summed E-state index contributed by atoms with van der Waals surface area (Å²) in [6.07, 6.45) is 4.03. The molecule has 22 heavy (non-hydrogen) atoms. The number of hydrogen-bond donors (Lipinski definition) is 0. The van der Waals surface area contributed by atoms with E-state index in [4.69, 9.17) is 4.52 Å². The number of halogens is 2. The van der Waals surface area contributed by atoms with Crippen LogP contribution in [0.5, 0.6) is 0 Å². The maximum Gasteiger partial charge on any atom is 0.230 e. The van der Waals surface area contributed by atoms with Gasteiger partial charge < -0.3 is 4.52 Å². The van der Waals surface area contributed by atoms with Gasteiger partial charge in [-0.25, -0.2) is 8.78 Å². The summed E-state index contributed by atoms with van der Waals surface area (Å²) in [6.45, 7) is 0. The first-order valence-corrected chi connectivity index (χ1v) is 6.91. The molecule has 110 valence electrons. The van der Waals surface area contributed by atoms with E-state index < -0.39 is 11.6 Å². The molecule has 0 unspecified atom stereocenters. The Balaban J connectivity index is 1.57. The van der Waals surface area contributed by atoms with Gasteiger partial charge in [-0.1, -0.05) is 11.2 Å². The van der Waals surface area contributed by atoms with Gasteiger partial charge in [-0.3, -0.25) is 4.98 Å². The van der Waals surface area contributed by atoms with E-state index in [9.17, 15) is 8.78 Å². The van der Waals surface area contributed by atoms with Crippen molar-refractivity contribution in [2.45, 2.75) is 18.3 Å². The maximum atomic E-state index is 13.8. The molecule has 1 saturated carbocycles. The summed E-state index contributed by atoms with van der Waals surface area (Å²) in [5, 5.41) is 3.94. The molecule has 0 N–H and O–H groups in total. The number of rotatable bonds is 3. The average Bonchev–Trinajstić information content (AvgIpc) is 3.15. The first-order valence-electron chi connectivity index (χ1n) is 6.91. The molecule has 1 fully saturated rings. The van der Waals surface area contributed by atoms with E-state index in [1.54, 1.807) is 24.5 Å². The second kappa shape index (κ2) is 4.98. The minimum Gasteiger partial charge on any atom is -0.339 e. The molecule has 4 rings (SSSR count). The lowest BCUT2D eigenvalue weighted by Crippen LogP contribution is -1.91. The number of nitrogens with zero attached hydrogens (tertiary/aromatic N) is 3. The van der Waals surface area contributed by atoms with Crippen LogP contribution in [0.25, 0.3) is 11.4 Å². The highest BCUT2D eigenvalue weighted by molar-refractivity contribution is 5.52. The normalized spacial score (nSPS) is 20.1. The zero-order valence-corrected chi connectivity index (χ0v) is 11.4. The number of pyridine rings is 1. The summed E-state index contributed by atoms with van der Waals surface area (Å²) >= 11 is 0. The first kappa shape index (κ1) is 13.1. The number of benzene rings is 1. The third kappa shape index (κ3) is 2.26. The van der Waals surface area contributed by atoms with Crippen LogP contribution in [0.1, 0.15) is 29.7 Å². The summed E-state index contributed by atoms with van der Waals surface area (Å²) < 4.78 is 32.0. The molecule has 0 saturated heterocycles. The van der Waals surface area contributed by atoms with Gasteiger partial charge in [-0.05, 0) is 36.1 Å². The molecule has 4 nitrogen and oxygen atoms in total. The van der Waals surface area contributed by atoms with E-state index in [-0.39, 0.29) is 11.8 Å². The SMILES string of the molecule is Fc1ccc([C@H]2C[C@H]2c2nc(-c3ccncc3)no2)c(F)c1. The fourth-order valence-corrected chi connectivity index (χ4v) is 2.62. The van der Waals surface area contributed by atoms with E-state index in [0.29, 0.717) is 17.3 Å². The third-order valence-corrected chi connectivity index (χ3v) is 3.85. The van der Waals surface area contributed by atoms with Crippen LogP contribution in [0, 0.1) is 11.6 Å². The van der Waals surface area contributed by atoms with Crippen molar-refractivity contribution in [2.24, 2.45) is 0 Å². The van der Waals surface area contributed by atoms with Crippen LogP contribution in [0.15, 0.2) is 47.2 Å². The van der Waals surface area contributed by atoms with E-state index in [0.717, 1.165) is 18.1 Å². The monoisotopic (exact) mass is 299 g/mol. The van der Waals surface area contributed by atoms with Gasteiger partial charge in [0.2, 0.25) is 11.7 Å². The van der Waals surface area contributed by atoms with Crippen molar-refractivity contribution in [1.82, 2.24) is 15.1 Å². The van der Waals surface area contributed by atoms with E-state index >= 15 is 0 Å². The predicted octanol–water partition coefficient (Wildman–Crippen LogP) is 3.68. The molecular formula is C16H11F2N3O. The van der Waals surface area contributed by atoms with Crippen LogP contribution in [0.3, 0.4) is 0 Å². The lowest BCUT2D eigenvalue weighted by atomic mass is 10.1. The Bertz CT molecular complexity index is 819. The van der Waals surface area contributed by atoms with Crippen LogP contribution in [0.2, 0.25) is 0 Å². The maximum absolute atomic E-state index is 13.8. The largest absolute Gasteiger partial charge is 0.339 e. The predicted molar refractivity (Wildman–Crippen MR) is 74.0 cm³/mol. The van der Waals surface area contributed by atoms with Crippen LogP contribution < -0.4 is 0 Å². The minimum atomic E-state index is -0.573. The Labute approximate surface area is 124 Å². The van der Waals surface area contributed by atoms with Crippen molar-refractivity contribution < 1.29 is 13.3 Å². The average molecular weight is 299 g/mol. The van der Waals surface area contributed by atoms with Crippen LogP contribution >= 0.6 is 0 Å². The Kier molecular flexibility index (Phi) is 2.96. The summed E-state index contributed by atoms with van der Waals surface area (Å²) in [5.74, 6) is -0.171. The summed E-state index contributed by atoms with van der Waals surface area (Å²) in [7, 11) is 0. The highest BCUT2D eigenvalue weighted by Crippen LogP contribution is 2.54. The van der Waals surface area contributed by atoms with E-state index in [2.05, 4.69) is 15.1 Å². The number of aromatic nitrogens is 3. The van der Waals surface area contributed by atoms with Crippen molar-refractivity contribution in [1.29, 1.82) is 0 Å². The lowest BCUT2D eigenvalue weighted by Gasteiger charge is -2.00. The van der Waals surface area contributed by atoms with Gasteiger partial charge in [0.05, 0.1) is 0 Å². The Morgan fingerprint density at radius 2 is 1.86 bits per heavy atom. The molecule has 2 aromatic heterocycles. The van der Waals surface area contributed by atoms with Crippen molar-refractivity contribution in [3.63, 3.8) is 0 Å². The summed E-state index contributed by atoms with van der Waals surface area (Å²) in [4.78, 5) is 8.30. The van der Waals surface area contributed by atoms with Crippen molar-refractivity contribution >= 4 is 0 Å². The van der Waals surface area contributed by atoms with Crippen LogP contribution in [-0.2, 0) is 0 Å². The van der Waals surface area contributed by atoms with Crippen molar-refractivity contribution in [3.05, 3.63) is 65.8 Å². The fourth-order valence-electron chi connectivity index (χ4n) is 2.62. The molecule has 1 aromatic carbocycles. The molecule has 0 bridgehead atoms.